The number of nitrogens with one attached hydrogen (secondary N) is 1. The number of aryl methyl sites for hydroxylation is 1. The molecule has 1 rings (SSSR count). The fourth-order valence-electron chi connectivity index (χ4n) is 1.60. The zero-order chi connectivity index (χ0) is 11.8. The van der Waals surface area contributed by atoms with Crippen LogP contribution in [0.15, 0.2) is 12.4 Å². The highest BCUT2D eigenvalue weighted by Gasteiger charge is 2.09. The molecule has 0 spiro atoms. The van der Waals surface area contributed by atoms with Crippen molar-refractivity contribution in [3.05, 3.63) is 12.4 Å². The minimum atomic E-state index is 0.249. The van der Waals surface area contributed by atoms with Crippen molar-refractivity contribution in [3.63, 3.8) is 0 Å². The van der Waals surface area contributed by atoms with Crippen molar-refractivity contribution >= 4 is 0 Å². The van der Waals surface area contributed by atoms with Crippen molar-refractivity contribution in [2.75, 3.05) is 13.1 Å². The number of ether oxygens (including phenoxy) is 1. The molecule has 0 aliphatic rings. The van der Waals surface area contributed by atoms with E-state index < -0.39 is 0 Å². The van der Waals surface area contributed by atoms with Gasteiger partial charge in [0.1, 0.15) is 6.10 Å². The number of hydrogen-bond donors (Lipinski definition) is 1. The Morgan fingerprint density at radius 3 is 2.81 bits per heavy atom. The largest absolute Gasteiger partial charge is 0.486 e. The second kappa shape index (κ2) is 7.28. The predicted molar refractivity (Wildman–Crippen MR) is 65.8 cm³/mol. The van der Waals surface area contributed by atoms with Gasteiger partial charge in [-0.25, -0.2) is 0 Å². The van der Waals surface area contributed by atoms with E-state index >= 15 is 0 Å². The maximum atomic E-state index is 5.89. The van der Waals surface area contributed by atoms with Gasteiger partial charge in [0, 0.05) is 13.1 Å². The van der Waals surface area contributed by atoms with Crippen LogP contribution >= 0.6 is 0 Å². The molecule has 1 atom stereocenters. The fourth-order valence-corrected chi connectivity index (χ4v) is 1.60. The summed E-state index contributed by atoms with van der Waals surface area (Å²) in [4.78, 5) is 0. The van der Waals surface area contributed by atoms with Crippen molar-refractivity contribution in [2.45, 2.75) is 46.3 Å². The van der Waals surface area contributed by atoms with Gasteiger partial charge in [0.15, 0.2) is 5.75 Å². The van der Waals surface area contributed by atoms with Crippen LogP contribution in [0, 0.1) is 0 Å². The third-order valence-electron chi connectivity index (χ3n) is 2.47. The second-order valence-corrected chi connectivity index (χ2v) is 3.87. The standard InChI is InChI=1S/C12H23N3O/c1-4-7-11(8-13-5-2)16-12-9-14-15(6-3)10-12/h9-11,13H,4-8H2,1-3H3. The van der Waals surface area contributed by atoms with E-state index in [9.17, 15) is 0 Å². The first-order chi connectivity index (χ1) is 7.80. The van der Waals surface area contributed by atoms with Crippen LogP contribution in [0.4, 0.5) is 0 Å². The van der Waals surface area contributed by atoms with Gasteiger partial charge in [0.05, 0.1) is 12.4 Å². The molecule has 0 aliphatic carbocycles. The molecule has 16 heavy (non-hydrogen) atoms. The molecule has 1 aromatic rings. The molecule has 0 aliphatic heterocycles. The van der Waals surface area contributed by atoms with Gasteiger partial charge in [-0.05, 0) is 19.9 Å². The number of likely N-dealkylation sites (N-methyl/N-ethyl adjacent to an activating group) is 1. The Kier molecular flexibility index (Phi) is 5.93. The lowest BCUT2D eigenvalue weighted by Gasteiger charge is -2.17. The van der Waals surface area contributed by atoms with Gasteiger partial charge in [-0.15, -0.1) is 0 Å². The van der Waals surface area contributed by atoms with Crippen LogP contribution in [0.2, 0.25) is 0 Å². The lowest BCUT2D eigenvalue weighted by molar-refractivity contribution is 0.187. The Hall–Kier alpha value is -1.03. The van der Waals surface area contributed by atoms with Crippen molar-refractivity contribution in [1.29, 1.82) is 0 Å². The van der Waals surface area contributed by atoms with Gasteiger partial charge in [0.25, 0.3) is 0 Å². The van der Waals surface area contributed by atoms with E-state index in [1.165, 1.54) is 0 Å². The van der Waals surface area contributed by atoms with Crippen molar-refractivity contribution in [1.82, 2.24) is 15.1 Å². The first-order valence-corrected chi connectivity index (χ1v) is 6.19. The zero-order valence-corrected chi connectivity index (χ0v) is 10.6. The molecule has 92 valence electrons. The predicted octanol–water partition coefficient (Wildman–Crippen LogP) is 2.06. The molecule has 0 radical (unpaired) electrons. The van der Waals surface area contributed by atoms with E-state index in [-0.39, 0.29) is 6.10 Å². The van der Waals surface area contributed by atoms with E-state index in [1.807, 2.05) is 10.9 Å². The summed E-state index contributed by atoms with van der Waals surface area (Å²) in [7, 11) is 0. The molecule has 4 heteroatoms. The highest BCUT2D eigenvalue weighted by Crippen LogP contribution is 2.12. The smallest absolute Gasteiger partial charge is 0.157 e. The Balaban J connectivity index is 2.46. The lowest BCUT2D eigenvalue weighted by atomic mass is 10.2. The van der Waals surface area contributed by atoms with Gasteiger partial charge >= 0.3 is 0 Å². The molecule has 0 aromatic carbocycles. The van der Waals surface area contributed by atoms with Crippen LogP contribution in [0.25, 0.3) is 0 Å². The highest BCUT2D eigenvalue weighted by molar-refractivity contribution is 5.12. The SMILES string of the molecule is CCCC(CNCC)Oc1cnn(CC)c1. The van der Waals surface area contributed by atoms with Crippen LogP contribution < -0.4 is 10.1 Å². The maximum absolute atomic E-state index is 5.89. The van der Waals surface area contributed by atoms with E-state index in [0.29, 0.717) is 0 Å². The quantitative estimate of drug-likeness (QED) is 0.736. The van der Waals surface area contributed by atoms with Crippen molar-refractivity contribution < 1.29 is 4.74 Å². The molecule has 1 heterocycles. The summed E-state index contributed by atoms with van der Waals surface area (Å²) in [5.41, 5.74) is 0. The molecule has 0 saturated heterocycles. The molecule has 0 saturated carbocycles. The average Bonchev–Trinajstić information content (AvgIpc) is 2.74. The van der Waals surface area contributed by atoms with Gasteiger partial charge in [0.2, 0.25) is 0 Å². The monoisotopic (exact) mass is 225 g/mol. The lowest BCUT2D eigenvalue weighted by Crippen LogP contribution is -2.31. The van der Waals surface area contributed by atoms with Gasteiger partial charge < -0.3 is 10.1 Å². The van der Waals surface area contributed by atoms with Crippen LogP contribution in [0.5, 0.6) is 5.75 Å². The Morgan fingerprint density at radius 2 is 2.25 bits per heavy atom. The Morgan fingerprint density at radius 1 is 1.44 bits per heavy atom. The van der Waals surface area contributed by atoms with E-state index in [0.717, 1.165) is 38.2 Å². The zero-order valence-electron chi connectivity index (χ0n) is 10.6. The molecule has 0 amide bonds. The molecule has 4 nitrogen and oxygen atoms in total. The third-order valence-corrected chi connectivity index (χ3v) is 2.47. The summed E-state index contributed by atoms with van der Waals surface area (Å²) < 4.78 is 7.77. The van der Waals surface area contributed by atoms with Crippen molar-refractivity contribution in [3.8, 4) is 5.75 Å². The highest BCUT2D eigenvalue weighted by atomic mass is 16.5. The number of rotatable bonds is 8. The first kappa shape index (κ1) is 13.0. The summed E-state index contributed by atoms with van der Waals surface area (Å²) in [6, 6.07) is 0. The summed E-state index contributed by atoms with van der Waals surface area (Å²) in [6.45, 7) is 9.13. The van der Waals surface area contributed by atoms with Crippen LogP contribution in [0.1, 0.15) is 33.6 Å². The molecule has 0 bridgehead atoms. The molecule has 0 fully saturated rings. The molecular formula is C12H23N3O. The van der Waals surface area contributed by atoms with E-state index in [2.05, 4.69) is 31.2 Å². The minimum Gasteiger partial charge on any atom is -0.486 e. The van der Waals surface area contributed by atoms with Gasteiger partial charge in [-0.3, -0.25) is 4.68 Å². The maximum Gasteiger partial charge on any atom is 0.157 e. The number of hydrogen-bond acceptors (Lipinski definition) is 3. The molecule has 1 unspecified atom stereocenters. The summed E-state index contributed by atoms with van der Waals surface area (Å²) >= 11 is 0. The Labute approximate surface area is 98.0 Å². The Bertz CT molecular complexity index is 286. The van der Waals surface area contributed by atoms with Gasteiger partial charge in [-0.2, -0.15) is 5.10 Å². The van der Waals surface area contributed by atoms with Crippen molar-refractivity contribution in [2.24, 2.45) is 0 Å². The van der Waals surface area contributed by atoms with Crippen LogP contribution in [0.3, 0.4) is 0 Å². The third kappa shape index (κ3) is 4.23. The fraction of sp³-hybridized carbons (Fsp3) is 0.750. The van der Waals surface area contributed by atoms with Crippen LogP contribution in [-0.4, -0.2) is 29.0 Å². The van der Waals surface area contributed by atoms with Gasteiger partial charge in [-0.1, -0.05) is 20.3 Å². The number of nitrogens with zero attached hydrogens (tertiary/aromatic N) is 2. The average molecular weight is 225 g/mol. The second-order valence-electron chi connectivity index (χ2n) is 3.87. The number of aromatic nitrogens is 2. The van der Waals surface area contributed by atoms with E-state index in [4.69, 9.17) is 4.74 Å². The minimum absolute atomic E-state index is 0.249. The molecular weight excluding hydrogens is 202 g/mol. The normalized spacial score (nSPS) is 12.7. The first-order valence-electron chi connectivity index (χ1n) is 6.19. The van der Waals surface area contributed by atoms with E-state index in [1.54, 1.807) is 6.20 Å². The molecule has 1 aromatic heterocycles. The topological polar surface area (TPSA) is 39.1 Å². The summed E-state index contributed by atoms with van der Waals surface area (Å²) in [5.74, 6) is 0.873. The van der Waals surface area contributed by atoms with Crippen LogP contribution in [-0.2, 0) is 6.54 Å². The summed E-state index contributed by atoms with van der Waals surface area (Å²) in [5, 5.41) is 7.52. The molecule has 1 N–H and O–H groups in total. The summed E-state index contributed by atoms with van der Waals surface area (Å²) in [6.07, 6.45) is 6.20.